The zero-order valence-electron chi connectivity index (χ0n) is 10.6. The highest BCUT2D eigenvalue weighted by atomic mass is 16.7. The Hall–Kier alpha value is -0.690. The van der Waals surface area contributed by atoms with Gasteiger partial charge < -0.3 is 23.8 Å². The normalized spacial score (nSPS) is 34.6. The van der Waals surface area contributed by atoms with E-state index in [1.54, 1.807) is 12.0 Å². The minimum atomic E-state index is -0.801. The molecular weight excluding hydrogens is 238 g/mol. The molecule has 0 N–H and O–H groups in total. The van der Waals surface area contributed by atoms with E-state index in [2.05, 4.69) is 0 Å². The number of rotatable bonds is 2. The number of methoxy groups -OCH3 is 1. The minimum absolute atomic E-state index is 0.00141. The summed E-state index contributed by atoms with van der Waals surface area (Å²) in [6.45, 7) is 3.29. The van der Waals surface area contributed by atoms with Gasteiger partial charge in [-0.1, -0.05) is 0 Å². The summed E-state index contributed by atoms with van der Waals surface area (Å²) >= 11 is 0. The predicted molar refractivity (Wildman–Crippen MR) is 61.0 cm³/mol. The van der Waals surface area contributed by atoms with E-state index in [1.807, 2.05) is 0 Å². The summed E-state index contributed by atoms with van der Waals surface area (Å²) < 4.78 is 22.0. The Labute approximate surface area is 106 Å². The molecule has 0 aliphatic carbocycles. The van der Waals surface area contributed by atoms with Crippen molar-refractivity contribution in [2.45, 2.75) is 24.2 Å². The Morgan fingerprint density at radius 1 is 1.22 bits per heavy atom. The summed E-state index contributed by atoms with van der Waals surface area (Å²) in [7, 11) is 1.57. The van der Waals surface area contributed by atoms with Gasteiger partial charge in [0.25, 0.3) is 5.91 Å². The fourth-order valence-electron chi connectivity index (χ4n) is 2.91. The van der Waals surface area contributed by atoms with Crippen molar-refractivity contribution in [1.82, 2.24) is 4.90 Å². The highest BCUT2D eigenvalue weighted by molar-refractivity contribution is 5.86. The van der Waals surface area contributed by atoms with Gasteiger partial charge in [0.1, 0.15) is 0 Å². The van der Waals surface area contributed by atoms with Gasteiger partial charge in [-0.2, -0.15) is 0 Å². The molecule has 6 heteroatoms. The van der Waals surface area contributed by atoms with Crippen molar-refractivity contribution >= 4 is 5.91 Å². The van der Waals surface area contributed by atoms with Gasteiger partial charge in [0.2, 0.25) is 0 Å². The molecule has 3 rings (SSSR count). The Morgan fingerprint density at radius 3 is 2.61 bits per heavy atom. The van der Waals surface area contributed by atoms with Gasteiger partial charge in [0, 0.05) is 26.5 Å². The van der Waals surface area contributed by atoms with E-state index in [1.165, 1.54) is 0 Å². The van der Waals surface area contributed by atoms with Gasteiger partial charge in [-0.15, -0.1) is 0 Å². The lowest BCUT2D eigenvalue weighted by molar-refractivity contribution is -0.164. The molecule has 0 aromatic heterocycles. The van der Waals surface area contributed by atoms with Crippen molar-refractivity contribution in [2.24, 2.45) is 0 Å². The number of carbonyl (C=O) groups is 1. The number of likely N-dealkylation sites (tertiary alicyclic amines) is 1. The largest absolute Gasteiger partial charge is 0.378 e. The summed E-state index contributed by atoms with van der Waals surface area (Å²) in [5, 5.41) is 0. The molecule has 1 spiro atoms. The molecule has 3 fully saturated rings. The molecule has 3 aliphatic rings. The van der Waals surface area contributed by atoms with E-state index in [4.69, 9.17) is 18.9 Å². The number of hydrogen-bond donors (Lipinski definition) is 0. The number of hydrogen-bond acceptors (Lipinski definition) is 5. The fourth-order valence-corrected chi connectivity index (χ4v) is 2.91. The number of carbonyl (C=O) groups excluding carboxylic acids is 1. The lowest BCUT2D eigenvalue weighted by Gasteiger charge is -2.30. The summed E-state index contributed by atoms with van der Waals surface area (Å²) in [5.41, 5.74) is -0.801. The van der Waals surface area contributed by atoms with Crippen molar-refractivity contribution in [1.29, 1.82) is 0 Å². The third-order valence-corrected chi connectivity index (χ3v) is 4.06. The van der Waals surface area contributed by atoms with E-state index >= 15 is 0 Å². The van der Waals surface area contributed by atoms with E-state index in [0.717, 1.165) is 6.42 Å². The van der Waals surface area contributed by atoms with Crippen LogP contribution in [0.2, 0.25) is 0 Å². The van der Waals surface area contributed by atoms with E-state index in [9.17, 15) is 4.79 Å². The SMILES string of the molecule is COC1(C(=O)N2CCC3(C2)OCCO3)CCOC1. The maximum absolute atomic E-state index is 12.6. The molecule has 102 valence electrons. The van der Waals surface area contributed by atoms with Crippen molar-refractivity contribution in [3.05, 3.63) is 0 Å². The molecule has 0 aromatic rings. The molecule has 0 radical (unpaired) electrons. The van der Waals surface area contributed by atoms with E-state index in [-0.39, 0.29) is 5.91 Å². The summed E-state index contributed by atoms with van der Waals surface area (Å²) in [5.74, 6) is -0.567. The molecule has 1 atom stereocenters. The van der Waals surface area contributed by atoms with Crippen LogP contribution >= 0.6 is 0 Å². The molecule has 0 bridgehead atoms. The molecule has 18 heavy (non-hydrogen) atoms. The maximum Gasteiger partial charge on any atom is 0.257 e. The highest BCUT2D eigenvalue weighted by Crippen LogP contribution is 2.33. The Bertz CT molecular complexity index is 333. The summed E-state index contributed by atoms with van der Waals surface area (Å²) in [6.07, 6.45) is 1.35. The average molecular weight is 257 g/mol. The van der Waals surface area contributed by atoms with Crippen LogP contribution in [0.3, 0.4) is 0 Å². The van der Waals surface area contributed by atoms with Crippen LogP contribution in [-0.2, 0) is 23.7 Å². The molecule has 3 saturated heterocycles. The Balaban J connectivity index is 1.70. The highest BCUT2D eigenvalue weighted by Gasteiger charge is 2.51. The van der Waals surface area contributed by atoms with Crippen LogP contribution in [0.5, 0.6) is 0 Å². The van der Waals surface area contributed by atoms with Crippen LogP contribution in [0, 0.1) is 0 Å². The molecular formula is C12H19NO5. The predicted octanol–water partition coefficient (Wildman–Crippen LogP) is -0.233. The van der Waals surface area contributed by atoms with Crippen LogP contribution in [0.25, 0.3) is 0 Å². The molecule has 3 heterocycles. The monoisotopic (exact) mass is 257 g/mol. The maximum atomic E-state index is 12.6. The second-order valence-corrected chi connectivity index (χ2v) is 5.09. The average Bonchev–Trinajstić information content (AvgIpc) is 3.12. The van der Waals surface area contributed by atoms with Crippen molar-refractivity contribution in [3.63, 3.8) is 0 Å². The lowest BCUT2D eigenvalue weighted by Crippen LogP contribution is -2.51. The zero-order chi connectivity index (χ0) is 12.6. The third-order valence-electron chi connectivity index (χ3n) is 4.06. The van der Waals surface area contributed by atoms with Crippen molar-refractivity contribution in [3.8, 4) is 0 Å². The first kappa shape index (κ1) is 12.3. The van der Waals surface area contributed by atoms with Gasteiger partial charge >= 0.3 is 0 Å². The van der Waals surface area contributed by atoms with Gasteiger partial charge in [0.05, 0.1) is 33.0 Å². The summed E-state index contributed by atoms with van der Waals surface area (Å²) in [6, 6.07) is 0. The molecule has 0 aromatic carbocycles. The Morgan fingerprint density at radius 2 is 2.00 bits per heavy atom. The minimum Gasteiger partial charge on any atom is -0.378 e. The van der Waals surface area contributed by atoms with Crippen molar-refractivity contribution in [2.75, 3.05) is 46.6 Å². The molecule has 3 aliphatic heterocycles. The van der Waals surface area contributed by atoms with Crippen LogP contribution in [0.4, 0.5) is 0 Å². The quantitative estimate of drug-likeness (QED) is 0.684. The lowest BCUT2D eigenvalue weighted by atomic mass is 10.0. The first-order chi connectivity index (χ1) is 8.70. The number of ether oxygens (including phenoxy) is 4. The van der Waals surface area contributed by atoms with Gasteiger partial charge in [-0.25, -0.2) is 0 Å². The number of nitrogens with zero attached hydrogens (tertiary/aromatic N) is 1. The van der Waals surface area contributed by atoms with Crippen LogP contribution in [0.15, 0.2) is 0 Å². The first-order valence-corrected chi connectivity index (χ1v) is 6.40. The van der Waals surface area contributed by atoms with Crippen molar-refractivity contribution < 1.29 is 23.7 Å². The van der Waals surface area contributed by atoms with Crippen LogP contribution in [-0.4, -0.2) is 68.8 Å². The zero-order valence-corrected chi connectivity index (χ0v) is 10.6. The Kier molecular flexibility index (Phi) is 3.05. The van der Waals surface area contributed by atoms with Crippen LogP contribution in [0.1, 0.15) is 12.8 Å². The topological polar surface area (TPSA) is 57.2 Å². The van der Waals surface area contributed by atoms with Gasteiger partial charge in [-0.3, -0.25) is 4.79 Å². The van der Waals surface area contributed by atoms with Gasteiger partial charge in [-0.05, 0) is 0 Å². The van der Waals surface area contributed by atoms with Gasteiger partial charge in [0.15, 0.2) is 11.4 Å². The third kappa shape index (κ3) is 1.84. The second-order valence-electron chi connectivity index (χ2n) is 5.09. The first-order valence-electron chi connectivity index (χ1n) is 6.40. The molecule has 1 unspecified atom stereocenters. The summed E-state index contributed by atoms with van der Waals surface area (Å²) in [4.78, 5) is 14.3. The van der Waals surface area contributed by atoms with Crippen LogP contribution < -0.4 is 0 Å². The fraction of sp³-hybridized carbons (Fsp3) is 0.917. The molecule has 0 saturated carbocycles. The van der Waals surface area contributed by atoms with E-state index < -0.39 is 11.4 Å². The van der Waals surface area contributed by atoms with E-state index in [0.29, 0.717) is 45.9 Å². The second kappa shape index (κ2) is 4.45. The molecule has 1 amide bonds. The number of amides is 1. The standard InChI is InChI=1S/C12H19NO5/c1-15-11(3-5-16-9-11)10(14)13-4-2-12(8-13)17-6-7-18-12/h2-9H2,1H3. The molecule has 6 nitrogen and oxygen atoms in total. The smallest absolute Gasteiger partial charge is 0.257 e.